The molecule has 0 unspecified atom stereocenters. The Morgan fingerprint density at radius 3 is 1.87 bits per heavy atom. The maximum Gasteiger partial charge on any atom is 0.227 e. The zero-order chi connectivity index (χ0) is 29.7. The normalized spacial score (nSPS) is 11.6. The van der Waals surface area contributed by atoms with Gasteiger partial charge in [-0.3, -0.25) is 0 Å². The molecule has 0 fully saturated rings. The quantitative estimate of drug-likeness (QED) is 0.195. The standard InChI is InChI=1S/C40H24N4O/c1-3-11-28(12-4-1)37-42-38(44-39(43-37)32-17-9-15-25-10-7-8-16-31(25)32)30-21-19-26-18-20-27-22-23-34-36(35(27)33(26)24-30)41-40(45-34)29-13-5-2-6-14-29/h1-24H. The Kier molecular flexibility index (Phi) is 5.74. The van der Waals surface area contributed by atoms with Crippen LogP contribution in [0.1, 0.15) is 0 Å². The lowest BCUT2D eigenvalue weighted by Gasteiger charge is -2.11. The molecule has 2 heterocycles. The molecule has 9 aromatic rings. The first-order valence-electron chi connectivity index (χ1n) is 14.9. The van der Waals surface area contributed by atoms with Gasteiger partial charge in [-0.2, -0.15) is 0 Å². The van der Waals surface area contributed by atoms with Crippen molar-refractivity contribution in [2.24, 2.45) is 0 Å². The van der Waals surface area contributed by atoms with Crippen molar-refractivity contribution in [3.63, 3.8) is 0 Å². The molecule has 0 atom stereocenters. The van der Waals surface area contributed by atoms with Gasteiger partial charge >= 0.3 is 0 Å². The van der Waals surface area contributed by atoms with Crippen molar-refractivity contribution < 1.29 is 4.42 Å². The van der Waals surface area contributed by atoms with Crippen LogP contribution in [-0.2, 0) is 0 Å². The molecule has 210 valence electrons. The molecule has 0 bridgehead atoms. The van der Waals surface area contributed by atoms with Crippen molar-refractivity contribution in [2.45, 2.75) is 0 Å². The van der Waals surface area contributed by atoms with E-state index in [1.807, 2.05) is 78.9 Å². The van der Waals surface area contributed by atoms with Gasteiger partial charge in [0, 0.05) is 27.6 Å². The smallest absolute Gasteiger partial charge is 0.227 e. The van der Waals surface area contributed by atoms with Crippen LogP contribution in [0, 0.1) is 0 Å². The highest BCUT2D eigenvalue weighted by atomic mass is 16.3. The third kappa shape index (κ3) is 4.33. The molecule has 45 heavy (non-hydrogen) atoms. The molecule has 0 radical (unpaired) electrons. The number of benzene rings is 7. The van der Waals surface area contributed by atoms with Gasteiger partial charge in [0.1, 0.15) is 5.52 Å². The molecule has 0 aliphatic rings. The van der Waals surface area contributed by atoms with Crippen molar-refractivity contribution in [2.75, 3.05) is 0 Å². The Labute approximate surface area is 258 Å². The summed E-state index contributed by atoms with van der Waals surface area (Å²) in [7, 11) is 0. The number of rotatable bonds is 4. The number of fused-ring (bicyclic) bond motifs is 6. The molecule has 0 spiro atoms. The fourth-order valence-corrected chi connectivity index (χ4v) is 6.13. The summed E-state index contributed by atoms with van der Waals surface area (Å²) in [5, 5.41) is 6.55. The van der Waals surface area contributed by atoms with Crippen LogP contribution in [0.3, 0.4) is 0 Å². The van der Waals surface area contributed by atoms with Crippen molar-refractivity contribution in [3.05, 3.63) is 146 Å². The maximum atomic E-state index is 6.25. The fraction of sp³-hybridized carbons (Fsp3) is 0. The first-order valence-corrected chi connectivity index (χ1v) is 14.9. The van der Waals surface area contributed by atoms with Crippen molar-refractivity contribution in [3.8, 4) is 45.6 Å². The summed E-state index contributed by atoms with van der Waals surface area (Å²) >= 11 is 0. The van der Waals surface area contributed by atoms with E-state index in [-0.39, 0.29) is 0 Å². The molecule has 0 N–H and O–H groups in total. The van der Waals surface area contributed by atoms with Gasteiger partial charge < -0.3 is 4.42 Å². The van der Waals surface area contributed by atoms with Gasteiger partial charge in [0.25, 0.3) is 0 Å². The summed E-state index contributed by atoms with van der Waals surface area (Å²) in [6, 6.07) is 49.4. The van der Waals surface area contributed by atoms with Gasteiger partial charge in [0.05, 0.1) is 0 Å². The van der Waals surface area contributed by atoms with Crippen LogP contribution in [0.25, 0.3) is 89.0 Å². The van der Waals surface area contributed by atoms with Gasteiger partial charge in [0.15, 0.2) is 23.1 Å². The fourth-order valence-electron chi connectivity index (χ4n) is 6.13. The Morgan fingerprint density at radius 1 is 0.400 bits per heavy atom. The molecule has 0 aliphatic carbocycles. The highest BCUT2D eigenvalue weighted by Gasteiger charge is 2.17. The Bertz CT molecular complexity index is 2530. The molecule has 0 aliphatic heterocycles. The van der Waals surface area contributed by atoms with E-state index in [1.165, 1.54) is 0 Å². The summed E-state index contributed by atoms with van der Waals surface area (Å²) in [5.74, 6) is 2.49. The van der Waals surface area contributed by atoms with Crippen molar-refractivity contribution in [1.29, 1.82) is 0 Å². The molecule has 5 heteroatoms. The minimum Gasteiger partial charge on any atom is -0.436 e. The van der Waals surface area contributed by atoms with Crippen molar-refractivity contribution >= 4 is 43.4 Å². The molecule has 5 nitrogen and oxygen atoms in total. The van der Waals surface area contributed by atoms with Crippen LogP contribution in [0.15, 0.2) is 150 Å². The number of hydrogen-bond donors (Lipinski definition) is 0. The van der Waals surface area contributed by atoms with Crippen LogP contribution in [0.5, 0.6) is 0 Å². The second kappa shape index (κ2) is 10.2. The van der Waals surface area contributed by atoms with Crippen LogP contribution in [0.4, 0.5) is 0 Å². The number of hydrogen-bond acceptors (Lipinski definition) is 5. The molecule has 0 amide bonds. The van der Waals surface area contributed by atoms with E-state index in [0.29, 0.717) is 23.4 Å². The van der Waals surface area contributed by atoms with Crippen LogP contribution < -0.4 is 0 Å². The minimum absolute atomic E-state index is 0.607. The summed E-state index contributed by atoms with van der Waals surface area (Å²) in [4.78, 5) is 20.1. The van der Waals surface area contributed by atoms with Gasteiger partial charge in [0.2, 0.25) is 5.89 Å². The van der Waals surface area contributed by atoms with Gasteiger partial charge in [-0.15, -0.1) is 0 Å². The first kappa shape index (κ1) is 25.3. The van der Waals surface area contributed by atoms with E-state index in [2.05, 4.69) is 66.7 Å². The van der Waals surface area contributed by atoms with Crippen LogP contribution >= 0.6 is 0 Å². The van der Waals surface area contributed by atoms with Crippen LogP contribution in [-0.4, -0.2) is 19.9 Å². The topological polar surface area (TPSA) is 64.7 Å². The van der Waals surface area contributed by atoms with Crippen molar-refractivity contribution in [1.82, 2.24) is 19.9 Å². The third-order valence-electron chi connectivity index (χ3n) is 8.34. The zero-order valence-corrected chi connectivity index (χ0v) is 24.1. The summed E-state index contributed by atoms with van der Waals surface area (Å²) < 4.78 is 6.25. The lowest BCUT2D eigenvalue weighted by Crippen LogP contribution is -2.00. The lowest BCUT2D eigenvalue weighted by atomic mass is 9.98. The van der Waals surface area contributed by atoms with E-state index < -0.39 is 0 Å². The average molecular weight is 577 g/mol. The van der Waals surface area contributed by atoms with E-state index >= 15 is 0 Å². The number of aromatic nitrogens is 4. The summed E-state index contributed by atoms with van der Waals surface area (Å²) in [5.41, 5.74) is 5.35. The van der Waals surface area contributed by atoms with E-state index in [9.17, 15) is 0 Å². The van der Waals surface area contributed by atoms with E-state index in [4.69, 9.17) is 24.4 Å². The monoisotopic (exact) mass is 576 g/mol. The SMILES string of the molecule is c1ccc(-c2nc(-c3ccc4ccc5ccc6oc(-c7ccccc7)nc6c5c4c3)nc(-c3cccc4ccccc34)n2)cc1. The Hall–Kier alpha value is -6.20. The largest absolute Gasteiger partial charge is 0.436 e. The summed E-state index contributed by atoms with van der Waals surface area (Å²) in [6.07, 6.45) is 0. The van der Waals surface area contributed by atoms with Gasteiger partial charge in [-0.05, 0) is 51.2 Å². The molecular formula is C40H24N4O. The predicted octanol–water partition coefficient (Wildman–Crippen LogP) is 10.1. The highest BCUT2D eigenvalue weighted by Crippen LogP contribution is 2.36. The van der Waals surface area contributed by atoms with Crippen LogP contribution in [0.2, 0.25) is 0 Å². The lowest BCUT2D eigenvalue weighted by molar-refractivity contribution is 0.620. The molecule has 0 saturated carbocycles. The van der Waals surface area contributed by atoms with Gasteiger partial charge in [-0.25, -0.2) is 19.9 Å². The molecule has 2 aromatic heterocycles. The minimum atomic E-state index is 0.607. The van der Waals surface area contributed by atoms with E-state index in [0.717, 1.165) is 65.7 Å². The Morgan fingerprint density at radius 2 is 1.02 bits per heavy atom. The molecule has 9 rings (SSSR count). The van der Waals surface area contributed by atoms with Gasteiger partial charge in [-0.1, -0.05) is 121 Å². The zero-order valence-electron chi connectivity index (χ0n) is 24.1. The molecular weight excluding hydrogens is 552 g/mol. The summed E-state index contributed by atoms with van der Waals surface area (Å²) in [6.45, 7) is 0. The third-order valence-corrected chi connectivity index (χ3v) is 8.34. The molecule has 0 saturated heterocycles. The average Bonchev–Trinajstić information content (AvgIpc) is 3.56. The highest BCUT2D eigenvalue weighted by molar-refractivity contribution is 6.19. The first-order chi connectivity index (χ1) is 22.3. The second-order valence-corrected chi connectivity index (χ2v) is 11.1. The second-order valence-electron chi connectivity index (χ2n) is 11.1. The maximum absolute atomic E-state index is 6.25. The predicted molar refractivity (Wildman–Crippen MR) is 182 cm³/mol. The Balaban J connectivity index is 1.28. The number of nitrogens with zero attached hydrogens (tertiary/aromatic N) is 4. The molecule has 7 aromatic carbocycles. The number of oxazole rings is 1. The van der Waals surface area contributed by atoms with E-state index in [1.54, 1.807) is 0 Å².